The van der Waals surface area contributed by atoms with E-state index < -0.39 is 6.10 Å². The molecular formula is C18H31NO2. The lowest BCUT2D eigenvalue weighted by atomic mass is 9.99. The summed E-state index contributed by atoms with van der Waals surface area (Å²) in [5.74, 6) is 0.935. The quantitative estimate of drug-likeness (QED) is 0.733. The van der Waals surface area contributed by atoms with Crippen molar-refractivity contribution in [3.05, 3.63) is 28.8 Å². The number of nitrogens with one attached hydrogen (secondary N) is 1. The van der Waals surface area contributed by atoms with Crippen molar-refractivity contribution in [1.29, 1.82) is 0 Å². The number of hydrogen-bond acceptors (Lipinski definition) is 3. The molecule has 3 heteroatoms. The molecule has 1 aromatic carbocycles. The molecule has 3 nitrogen and oxygen atoms in total. The van der Waals surface area contributed by atoms with Crippen molar-refractivity contribution >= 4 is 0 Å². The van der Waals surface area contributed by atoms with Gasteiger partial charge < -0.3 is 15.2 Å². The van der Waals surface area contributed by atoms with E-state index in [4.69, 9.17) is 4.74 Å². The first-order chi connectivity index (χ1) is 9.93. The van der Waals surface area contributed by atoms with Crippen LogP contribution in [0.4, 0.5) is 0 Å². The average molecular weight is 293 g/mol. The second kappa shape index (κ2) is 9.06. The van der Waals surface area contributed by atoms with Gasteiger partial charge in [-0.3, -0.25) is 0 Å². The van der Waals surface area contributed by atoms with E-state index in [1.807, 2.05) is 0 Å². The Morgan fingerprint density at radius 2 is 1.95 bits per heavy atom. The number of aliphatic hydroxyl groups excluding tert-OH is 1. The Hall–Kier alpha value is -1.06. The molecule has 1 rings (SSSR count). The van der Waals surface area contributed by atoms with E-state index in [-0.39, 0.29) is 0 Å². The molecule has 0 spiro atoms. The maximum atomic E-state index is 9.98. The number of ether oxygens (including phenoxy) is 1. The monoisotopic (exact) mass is 293 g/mol. The molecule has 21 heavy (non-hydrogen) atoms. The van der Waals surface area contributed by atoms with Gasteiger partial charge in [-0.15, -0.1) is 0 Å². The standard InChI is InChI=1S/C18H31NO2/c1-6-7-8-17-15(5)9-14(4)10-18(17)21-12-16(20)11-19-13(2)3/h9-10,13,16,19-20H,6-8,11-12H2,1-5H3. The molecule has 0 heterocycles. The smallest absolute Gasteiger partial charge is 0.123 e. The highest BCUT2D eigenvalue weighted by molar-refractivity contribution is 5.43. The summed E-state index contributed by atoms with van der Waals surface area (Å²) in [5.41, 5.74) is 3.78. The largest absolute Gasteiger partial charge is 0.491 e. The molecule has 0 radical (unpaired) electrons. The normalized spacial score (nSPS) is 12.7. The van der Waals surface area contributed by atoms with Gasteiger partial charge in [0.1, 0.15) is 18.5 Å². The van der Waals surface area contributed by atoms with E-state index in [0.717, 1.165) is 18.6 Å². The Morgan fingerprint density at radius 1 is 1.24 bits per heavy atom. The van der Waals surface area contributed by atoms with Gasteiger partial charge in [-0.25, -0.2) is 0 Å². The fourth-order valence-corrected chi connectivity index (χ4v) is 2.38. The number of hydrogen-bond donors (Lipinski definition) is 2. The van der Waals surface area contributed by atoms with Crippen LogP contribution in [0.15, 0.2) is 12.1 Å². The summed E-state index contributed by atoms with van der Waals surface area (Å²) in [6.07, 6.45) is 2.90. The predicted octanol–water partition coefficient (Wildman–Crippen LogP) is 3.38. The SMILES string of the molecule is CCCCc1c(C)cc(C)cc1OCC(O)CNC(C)C. The highest BCUT2D eigenvalue weighted by Crippen LogP contribution is 2.26. The zero-order valence-corrected chi connectivity index (χ0v) is 14.2. The van der Waals surface area contributed by atoms with Crippen LogP contribution in [-0.2, 0) is 6.42 Å². The molecule has 0 aliphatic heterocycles. The zero-order chi connectivity index (χ0) is 15.8. The molecule has 0 aromatic heterocycles. The summed E-state index contributed by atoms with van der Waals surface area (Å²) >= 11 is 0. The van der Waals surface area contributed by atoms with E-state index in [1.54, 1.807) is 0 Å². The summed E-state index contributed by atoms with van der Waals surface area (Å²) in [6.45, 7) is 11.5. The van der Waals surface area contributed by atoms with Crippen LogP contribution in [0.2, 0.25) is 0 Å². The second-order valence-electron chi connectivity index (χ2n) is 6.19. The topological polar surface area (TPSA) is 41.5 Å². The van der Waals surface area contributed by atoms with Crippen LogP contribution >= 0.6 is 0 Å². The minimum absolute atomic E-state index is 0.335. The van der Waals surface area contributed by atoms with Gasteiger partial charge >= 0.3 is 0 Å². The molecule has 0 amide bonds. The van der Waals surface area contributed by atoms with Gasteiger partial charge in [-0.2, -0.15) is 0 Å². The van der Waals surface area contributed by atoms with Crippen molar-refractivity contribution in [3.8, 4) is 5.75 Å². The van der Waals surface area contributed by atoms with Gasteiger partial charge in [0.2, 0.25) is 0 Å². The molecule has 1 aromatic rings. The third-order valence-corrected chi connectivity index (χ3v) is 3.55. The summed E-state index contributed by atoms with van der Waals surface area (Å²) in [5, 5.41) is 13.2. The lowest BCUT2D eigenvalue weighted by Crippen LogP contribution is -2.35. The van der Waals surface area contributed by atoms with Crippen LogP contribution in [0.1, 0.15) is 50.3 Å². The van der Waals surface area contributed by atoms with E-state index in [1.165, 1.54) is 23.1 Å². The Morgan fingerprint density at radius 3 is 2.57 bits per heavy atom. The summed E-state index contributed by atoms with van der Waals surface area (Å²) in [6, 6.07) is 4.66. The van der Waals surface area contributed by atoms with Crippen LogP contribution in [0.5, 0.6) is 5.75 Å². The third kappa shape index (κ3) is 6.49. The maximum Gasteiger partial charge on any atom is 0.123 e. The van der Waals surface area contributed by atoms with Gasteiger partial charge in [0, 0.05) is 12.6 Å². The fraction of sp³-hybridized carbons (Fsp3) is 0.667. The lowest BCUT2D eigenvalue weighted by molar-refractivity contribution is 0.104. The molecule has 0 aliphatic carbocycles. The van der Waals surface area contributed by atoms with Crippen LogP contribution in [0, 0.1) is 13.8 Å². The lowest BCUT2D eigenvalue weighted by Gasteiger charge is -2.18. The molecular weight excluding hydrogens is 262 g/mol. The van der Waals surface area contributed by atoms with Gasteiger partial charge in [0.25, 0.3) is 0 Å². The number of aliphatic hydroxyl groups is 1. The van der Waals surface area contributed by atoms with Crippen LogP contribution < -0.4 is 10.1 Å². The molecule has 120 valence electrons. The first kappa shape index (κ1) is 18.0. The Kier molecular flexibility index (Phi) is 7.76. The van der Waals surface area contributed by atoms with E-state index in [0.29, 0.717) is 19.2 Å². The summed E-state index contributed by atoms with van der Waals surface area (Å²) < 4.78 is 5.90. The molecule has 0 saturated carbocycles. The molecule has 1 unspecified atom stereocenters. The average Bonchev–Trinajstić information content (AvgIpc) is 2.41. The van der Waals surface area contributed by atoms with Crippen molar-refractivity contribution < 1.29 is 9.84 Å². The van der Waals surface area contributed by atoms with E-state index >= 15 is 0 Å². The highest BCUT2D eigenvalue weighted by Gasteiger charge is 2.11. The van der Waals surface area contributed by atoms with Gasteiger partial charge in [0.15, 0.2) is 0 Å². The number of aryl methyl sites for hydroxylation is 2. The molecule has 0 bridgehead atoms. The fourth-order valence-electron chi connectivity index (χ4n) is 2.38. The third-order valence-electron chi connectivity index (χ3n) is 3.55. The molecule has 1 atom stereocenters. The van der Waals surface area contributed by atoms with Crippen molar-refractivity contribution in [2.45, 2.75) is 66.0 Å². The van der Waals surface area contributed by atoms with Gasteiger partial charge in [-0.05, 0) is 49.4 Å². The Bertz CT molecular complexity index is 429. The van der Waals surface area contributed by atoms with Gasteiger partial charge in [-0.1, -0.05) is 33.3 Å². The van der Waals surface area contributed by atoms with Crippen LogP contribution in [0.25, 0.3) is 0 Å². The Labute approximate surface area is 129 Å². The minimum atomic E-state index is -0.479. The van der Waals surface area contributed by atoms with Crippen LogP contribution in [-0.4, -0.2) is 30.4 Å². The van der Waals surface area contributed by atoms with Crippen LogP contribution in [0.3, 0.4) is 0 Å². The molecule has 2 N–H and O–H groups in total. The van der Waals surface area contributed by atoms with Crippen molar-refractivity contribution in [1.82, 2.24) is 5.32 Å². The Balaban J connectivity index is 2.67. The minimum Gasteiger partial charge on any atom is -0.491 e. The summed E-state index contributed by atoms with van der Waals surface area (Å²) in [4.78, 5) is 0. The first-order valence-corrected chi connectivity index (χ1v) is 8.08. The maximum absolute atomic E-state index is 9.98. The summed E-state index contributed by atoms with van der Waals surface area (Å²) in [7, 11) is 0. The van der Waals surface area contributed by atoms with E-state index in [2.05, 4.69) is 52.1 Å². The van der Waals surface area contributed by atoms with Crippen molar-refractivity contribution in [2.75, 3.05) is 13.2 Å². The van der Waals surface area contributed by atoms with Crippen molar-refractivity contribution in [3.63, 3.8) is 0 Å². The van der Waals surface area contributed by atoms with E-state index in [9.17, 15) is 5.11 Å². The first-order valence-electron chi connectivity index (χ1n) is 8.08. The number of unbranched alkanes of at least 4 members (excludes halogenated alkanes) is 1. The molecule has 0 fully saturated rings. The molecule has 0 aliphatic rings. The molecule has 0 saturated heterocycles. The van der Waals surface area contributed by atoms with Gasteiger partial charge in [0.05, 0.1) is 0 Å². The highest BCUT2D eigenvalue weighted by atomic mass is 16.5. The second-order valence-corrected chi connectivity index (χ2v) is 6.19. The predicted molar refractivity (Wildman–Crippen MR) is 89.2 cm³/mol. The number of rotatable bonds is 9. The van der Waals surface area contributed by atoms with Crippen molar-refractivity contribution in [2.24, 2.45) is 0 Å². The zero-order valence-electron chi connectivity index (χ0n) is 14.2. The number of benzene rings is 1.